The van der Waals surface area contributed by atoms with E-state index in [-0.39, 0.29) is 11.7 Å². The minimum Gasteiger partial charge on any atom is -0.299 e. The Bertz CT molecular complexity index is 1240. The lowest BCUT2D eigenvalue weighted by molar-refractivity contribution is -0.104. The van der Waals surface area contributed by atoms with Crippen LogP contribution in [0.25, 0.3) is 34.0 Å². The minimum atomic E-state index is -0.294. The van der Waals surface area contributed by atoms with Gasteiger partial charge in [-0.05, 0) is 66.5 Å². The third-order valence-corrected chi connectivity index (χ3v) is 5.28. The van der Waals surface area contributed by atoms with Gasteiger partial charge >= 0.3 is 0 Å². The Kier molecular flexibility index (Phi) is 5.32. The monoisotopic (exact) mass is 398 g/mol. The molecule has 4 aromatic rings. The average Bonchev–Trinajstić information content (AvgIpc) is 3.08. The van der Waals surface area contributed by atoms with Crippen molar-refractivity contribution in [1.29, 1.82) is 0 Å². The molecule has 2 aromatic heterocycles. The molecule has 0 bridgehead atoms. The summed E-state index contributed by atoms with van der Waals surface area (Å²) < 4.78 is 15.5. The van der Waals surface area contributed by atoms with Gasteiger partial charge in [0.15, 0.2) is 0 Å². The third kappa shape index (κ3) is 3.45. The van der Waals surface area contributed by atoms with E-state index in [0.717, 1.165) is 51.0 Å². The summed E-state index contributed by atoms with van der Waals surface area (Å²) in [5.74, 6) is -0.116. The minimum absolute atomic E-state index is 0.178. The van der Waals surface area contributed by atoms with Crippen LogP contribution in [0.3, 0.4) is 0 Å². The van der Waals surface area contributed by atoms with E-state index < -0.39 is 0 Å². The summed E-state index contributed by atoms with van der Waals surface area (Å²) >= 11 is 0. The number of allylic oxidation sites excluding steroid dienone is 1. The maximum Gasteiger partial charge on any atom is 0.142 e. The summed E-state index contributed by atoms with van der Waals surface area (Å²) in [6, 6.07) is 18.7. The molecule has 0 atom stereocenters. The SMILES string of the molecule is Cc1cc(-c2ccccc2)c2c(C(C)C)c(/C=C/C=O)c(-c3ccc(F)cc3)nn12. The number of rotatable bonds is 5. The lowest BCUT2D eigenvalue weighted by atomic mass is 9.91. The number of fused-ring (bicyclic) bond motifs is 1. The molecule has 0 aliphatic rings. The van der Waals surface area contributed by atoms with Crippen LogP contribution >= 0.6 is 0 Å². The van der Waals surface area contributed by atoms with E-state index in [1.165, 1.54) is 18.2 Å². The van der Waals surface area contributed by atoms with Crippen LogP contribution in [0.2, 0.25) is 0 Å². The van der Waals surface area contributed by atoms with Crippen LogP contribution in [-0.4, -0.2) is 15.9 Å². The summed E-state index contributed by atoms with van der Waals surface area (Å²) in [4.78, 5) is 11.1. The molecule has 0 amide bonds. The van der Waals surface area contributed by atoms with E-state index >= 15 is 0 Å². The second-order valence-corrected chi connectivity index (χ2v) is 7.66. The van der Waals surface area contributed by atoms with E-state index in [4.69, 9.17) is 5.10 Å². The summed E-state index contributed by atoms with van der Waals surface area (Å²) in [7, 11) is 0. The standard InChI is InChI=1S/C26H23FN2O/c1-17(2)24-22(10-7-15-30)25(20-11-13-21(27)14-12-20)28-29-18(3)16-23(26(24)29)19-8-5-4-6-9-19/h4-17H,1-3H3/b10-7+. The Morgan fingerprint density at radius 3 is 2.33 bits per heavy atom. The topological polar surface area (TPSA) is 34.4 Å². The molecule has 3 nitrogen and oxygen atoms in total. The molecule has 0 unspecified atom stereocenters. The summed E-state index contributed by atoms with van der Waals surface area (Å²) in [6.45, 7) is 6.31. The number of hydrogen-bond acceptors (Lipinski definition) is 2. The zero-order valence-electron chi connectivity index (χ0n) is 17.3. The highest BCUT2D eigenvalue weighted by Crippen LogP contribution is 2.38. The summed E-state index contributed by atoms with van der Waals surface area (Å²) in [5.41, 5.74) is 7.79. The van der Waals surface area contributed by atoms with Gasteiger partial charge in [-0.3, -0.25) is 4.79 Å². The lowest BCUT2D eigenvalue weighted by Gasteiger charge is -2.18. The summed E-state index contributed by atoms with van der Waals surface area (Å²) in [6.07, 6.45) is 4.07. The molecule has 30 heavy (non-hydrogen) atoms. The molecule has 0 radical (unpaired) electrons. The number of benzene rings is 2. The number of aromatic nitrogens is 2. The van der Waals surface area contributed by atoms with Crippen molar-refractivity contribution in [2.24, 2.45) is 0 Å². The zero-order valence-corrected chi connectivity index (χ0v) is 17.3. The van der Waals surface area contributed by atoms with Gasteiger partial charge in [0, 0.05) is 22.4 Å². The van der Waals surface area contributed by atoms with Gasteiger partial charge < -0.3 is 0 Å². The molecule has 0 aliphatic heterocycles. The maximum atomic E-state index is 13.5. The van der Waals surface area contributed by atoms with E-state index in [1.54, 1.807) is 12.1 Å². The van der Waals surface area contributed by atoms with Gasteiger partial charge in [0.1, 0.15) is 12.1 Å². The molecule has 0 saturated carbocycles. The highest BCUT2D eigenvalue weighted by Gasteiger charge is 2.22. The molecule has 4 rings (SSSR count). The van der Waals surface area contributed by atoms with Gasteiger partial charge in [0.05, 0.1) is 11.2 Å². The molecule has 0 spiro atoms. The van der Waals surface area contributed by atoms with E-state index in [1.807, 2.05) is 35.7 Å². The van der Waals surface area contributed by atoms with Crippen molar-refractivity contribution in [1.82, 2.24) is 9.61 Å². The number of aldehydes is 1. The zero-order chi connectivity index (χ0) is 21.3. The fourth-order valence-electron chi connectivity index (χ4n) is 3.97. The molecule has 4 heteroatoms. The third-order valence-electron chi connectivity index (χ3n) is 5.28. The molecular formula is C26H23FN2O. The lowest BCUT2D eigenvalue weighted by Crippen LogP contribution is -2.06. The van der Waals surface area contributed by atoms with Crippen molar-refractivity contribution in [3.63, 3.8) is 0 Å². The van der Waals surface area contributed by atoms with Crippen LogP contribution in [0.4, 0.5) is 4.39 Å². The average molecular weight is 398 g/mol. The molecular weight excluding hydrogens is 375 g/mol. The van der Waals surface area contributed by atoms with Crippen molar-refractivity contribution in [3.05, 3.63) is 89.4 Å². The summed E-state index contributed by atoms with van der Waals surface area (Å²) in [5, 5.41) is 4.94. The number of nitrogens with zero attached hydrogens (tertiary/aromatic N) is 2. The fourth-order valence-corrected chi connectivity index (χ4v) is 3.97. The molecule has 150 valence electrons. The number of aryl methyl sites for hydroxylation is 1. The maximum absolute atomic E-state index is 13.5. The molecule has 2 aromatic carbocycles. The number of carbonyl (C=O) groups excluding carboxylic acids is 1. The van der Waals surface area contributed by atoms with Gasteiger partial charge in [-0.1, -0.05) is 44.2 Å². The van der Waals surface area contributed by atoms with E-state index in [2.05, 4.69) is 32.0 Å². The van der Waals surface area contributed by atoms with Crippen LogP contribution in [0.15, 0.2) is 66.7 Å². The van der Waals surface area contributed by atoms with Crippen LogP contribution in [-0.2, 0) is 4.79 Å². The van der Waals surface area contributed by atoms with Crippen LogP contribution in [0, 0.1) is 12.7 Å². The fraction of sp³-hybridized carbons (Fsp3) is 0.154. The normalized spacial score (nSPS) is 11.6. The van der Waals surface area contributed by atoms with Crippen molar-refractivity contribution < 1.29 is 9.18 Å². The van der Waals surface area contributed by atoms with Gasteiger partial charge in [-0.15, -0.1) is 0 Å². The smallest absolute Gasteiger partial charge is 0.142 e. The van der Waals surface area contributed by atoms with Crippen molar-refractivity contribution in [2.45, 2.75) is 26.7 Å². The quantitative estimate of drug-likeness (QED) is 0.286. The molecule has 0 fully saturated rings. The van der Waals surface area contributed by atoms with Crippen molar-refractivity contribution >= 4 is 17.9 Å². The first-order valence-electron chi connectivity index (χ1n) is 10.0. The Hall–Kier alpha value is -3.53. The van der Waals surface area contributed by atoms with Crippen LogP contribution < -0.4 is 0 Å². The van der Waals surface area contributed by atoms with Gasteiger partial charge in [-0.25, -0.2) is 8.91 Å². The number of carbonyl (C=O) groups is 1. The Morgan fingerprint density at radius 2 is 1.70 bits per heavy atom. The van der Waals surface area contributed by atoms with Crippen molar-refractivity contribution in [3.8, 4) is 22.4 Å². The first-order valence-corrected chi connectivity index (χ1v) is 10.0. The predicted molar refractivity (Wildman–Crippen MR) is 120 cm³/mol. The highest BCUT2D eigenvalue weighted by molar-refractivity contribution is 5.90. The first kappa shape index (κ1) is 19.8. The van der Waals surface area contributed by atoms with Crippen LogP contribution in [0.5, 0.6) is 0 Å². The molecule has 0 N–H and O–H groups in total. The highest BCUT2D eigenvalue weighted by atomic mass is 19.1. The van der Waals surface area contributed by atoms with E-state index in [0.29, 0.717) is 0 Å². The second-order valence-electron chi connectivity index (χ2n) is 7.66. The van der Waals surface area contributed by atoms with Gasteiger partial charge in [-0.2, -0.15) is 5.10 Å². The number of hydrogen-bond donors (Lipinski definition) is 0. The first-order chi connectivity index (χ1) is 14.5. The van der Waals surface area contributed by atoms with Crippen molar-refractivity contribution in [2.75, 3.05) is 0 Å². The second kappa shape index (κ2) is 8.07. The largest absolute Gasteiger partial charge is 0.299 e. The van der Waals surface area contributed by atoms with Crippen LogP contribution in [0.1, 0.15) is 36.6 Å². The van der Waals surface area contributed by atoms with E-state index in [9.17, 15) is 9.18 Å². The molecule has 0 aliphatic carbocycles. The predicted octanol–water partition coefficient (Wildman–Crippen LogP) is 6.45. The Morgan fingerprint density at radius 1 is 1.00 bits per heavy atom. The Balaban J connectivity index is 2.14. The molecule has 2 heterocycles. The molecule has 0 saturated heterocycles. The Labute approximate surface area is 175 Å². The van der Waals surface area contributed by atoms with Gasteiger partial charge in [0.25, 0.3) is 0 Å². The number of halogens is 1. The van der Waals surface area contributed by atoms with Gasteiger partial charge in [0.2, 0.25) is 0 Å².